The van der Waals surface area contributed by atoms with Crippen molar-refractivity contribution in [3.05, 3.63) is 98.8 Å². The highest BCUT2D eigenvalue weighted by Crippen LogP contribution is 2.53. The number of aliphatic hydroxyl groups excluding tert-OH is 1. The van der Waals surface area contributed by atoms with Crippen molar-refractivity contribution in [2.45, 2.75) is 44.5 Å². The van der Waals surface area contributed by atoms with Gasteiger partial charge in [-0.2, -0.15) is 0 Å². The smallest absolute Gasteiger partial charge is 0.451 e. The number of benzene rings is 2. The molecule has 1 aliphatic heterocycles. The number of aliphatic hydroxyl groups is 1. The molecule has 0 amide bonds. The summed E-state index contributed by atoms with van der Waals surface area (Å²) in [6.45, 7) is 2.74. The number of H-pyrrole nitrogens is 1. The fraction of sp³-hybridized carbons (Fsp3) is 0.452. The molecule has 1 saturated heterocycles. The number of rotatable bonds is 19. The molecule has 1 aliphatic rings. The quantitative estimate of drug-likeness (QED) is 0.107. The first-order valence-electron chi connectivity index (χ1n) is 15.0. The largest absolute Gasteiger partial charge is 0.530 e. The van der Waals surface area contributed by atoms with Crippen LogP contribution in [0.25, 0.3) is 0 Å². The zero-order valence-electron chi connectivity index (χ0n) is 26.1. The van der Waals surface area contributed by atoms with Crippen LogP contribution in [0.5, 0.6) is 5.75 Å². The SMILES string of the molecule is CC[C@H]1O[C@@H](n2ccc(=O)[nH]c2=O)C(OC(=O)c2ccccc2)C1OP(=O)(OCCOCCOCCOC)Oc1ccc(CO)cc1. The number of esters is 1. The van der Waals surface area contributed by atoms with Crippen LogP contribution in [0.2, 0.25) is 0 Å². The van der Waals surface area contributed by atoms with Crippen LogP contribution in [-0.2, 0) is 43.9 Å². The number of hydrogen-bond acceptors (Lipinski definition) is 13. The van der Waals surface area contributed by atoms with Crippen molar-refractivity contribution in [1.82, 2.24) is 9.55 Å². The molecular formula is C31H39N2O13P. The lowest BCUT2D eigenvalue weighted by Gasteiger charge is -2.28. The second-order valence-electron chi connectivity index (χ2n) is 10.2. The maximum atomic E-state index is 14.3. The minimum absolute atomic E-state index is 0.00793. The standard InChI is InChI=1S/C31H39N2O13P/c1-3-25-27(28(44-30(36)23-7-5-4-6-8-23)29(43-25)33-14-13-26(35)32-31(33)37)46-47(38,45-24-11-9-22(21-34)10-12-24)42-20-19-41-18-17-40-16-15-39-2/h4-14,25,27-29,34H,3,15-21H2,1-2H3,(H,32,35,37)/t25-,27?,28?,29-,47?/m1/s1. The molecule has 16 heteroatoms. The Morgan fingerprint density at radius 1 is 0.936 bits per heavy atom. The molecule has 4 rings (SSSR count). The summed E-state index contributed by atoms with van der Waals surface area (Å²) >= 11 is 0. The fourth-order valence-corrected chi connectivity index (χ4v) is 5.98. The van der Waals surface area contributed by atoms with E-state index in [9.17, 15) is 24.1 Å². The Kier molecular flexibility index (Phi) is 13.9. The summed E-state index contributed by atoms with van der Waals surface area (Å²) < 4.78 is 60.7. The number of methoxy groups -OCH3 is 1. The van der Waals surface area contributed by atoms with E-state index in [0.29, 0.717) is 25.4 Å². The van der Waals surface area contributed by atoms with Gasteiger partial charge in [-0.15, -0.1) is 0 Å². The fourth-order valence-electron chi connectivity index (χ4n) is 4.59. The second kappa shape index (κ2) is 18.0. The summed E-state index contributed by atoms with van der Waals surface area (Å²) in [4.78, 5) is 40.0. The number of nitrogens with zero attached hydrogens (tertiary/aromatic N) is 1. The van der Waals surface area contributed by atoms with Gasteiger partial charge in [-0.3, -0.25) is 23.4 Å². The van der Waals surface area contributed by atoms with Crippen LogP contribution in [0.4, 0.5) is 0 Å². The van der Waals surface area contributed by atoms with Gasteiger partial charge in [-0.1, -0.05) is 37.3 Å². The Labute approximate surface area is 270 Å². The number of phosphoric ester groups is 1. The lowest BCUT2D eigenvalue weighted by atomic mass is 10.1. The van der Waals surface area contributed by atoms with Crippen molar-refractivity contribution >= 4 is 13.8 Å². The normalized spacial score (nSPS) is 20.5. The minimum Gasteiger partial charge on any atom is -0.451 e. The van der Waals surface area contributed by atoms with E-state index in [-0.39, 0.29) is 44.2 Å². The molecule has 2 aromatic carbocycles. The van der Waals surface area contributed by atoms with Crippen molar-refractivity contribution in [1.29, 1.82) is 0 Å². The first kappa shape index (κ1) is 36.2. The molecule has 15 nitrogen and oxygen atoms in total. The van der Waals surface area contributed by atoms with Crippen molar-refractivity contribution in [3.63, 3.8) is 0 Å². The molecule has 1 aromatic heterocycles. The molecule has 0 radical (unpaired) electrons. The highest BCUT2D eigenvalue weighted by Gasteiger charge is 2.52. The molecule has 47 heavy (non-hydrogen) atoms. The first-order chi connectivity index (χ1) is 22.8. The summed E-state index contributed by atoms with van der Waals surface area (Å²) in [6.07, 6.45) is -3.29. The van der Waals surface area contributed by atoms with Gasteiger partial charge in [0, 0.05) is 19.4 Å². The molecule has 0 saturated carbocycles. The maximum Gasteiger partial charge on any atom is 0.530 e. The van der Waals surface area contributed by atoms with E-state index in [1.165, 1.54) is 18.3 Å². The molecule has 3 aromatic rings. The number of hydrogen-bond donors (Lipinski definition) is 2. The maximum absolute atomic E-state index is 14.3. The number of carbonyl (C=O) groups is 1. The van der Waals surface area contributed by atoms with E-state index in [4.69, 9.17) is 37.3 Å². The average molecular weight is 679 g/mol. The van der Waals surface area contributed by atoms with E-state index < -0.39 is 49.6 Å². The Balaban J connectivity index is 1.59. The van der Waals surface area contributed by atoms with E-state index >= 15 is 0 Å². The number of carbonyl (C=O) groups excluding carboxylic acids is 1. The van der Waals surface area contributed by atoms with Crippen LogP contribution in [0.15, 0.2) is 76.4 Å². The van der Waals surface area contributed by atoms with E-state index in [1.54, 1.807) is 56.5 Å². The Morgan fingerprint density at radius 2 is 1.62 bits per heavy atom. The number of phosphoric acid groups is 1. The van der Waals surface area contributed by atoms with Gasteiger partial charge in [0.15, 0.2) is 12.3 Å². The van der Waals surface area contributed by atoms with Crippen LogP contribution in [0.1, 0.15) is 35.5 Å². The van der Waals surface area contributed by atoms with Crippen LogP contribution in [0, 0.1) is 0 Å². The Bertz CT molecular complexity index is 1560. The zero-order chi connectivity index (χ0) is 33.6. The second-order valence-corrected chi connectivity index (χ2v) is 11.7. The summed E-state index contributed by atoms with van der Waals surface area (Å²) in [5.41, 5.74) is -0.653. The molecule has 2 N–H and O–H groups in total. The zero-order valence-corrected chi connectivity index (χ0v) is 27.0. The highest BCUT2D eigenvalue weighted by atomic mass is 31.2. The lowest BCUT2D eigenvalue weighted by molar-refractivity contribution is -0.0519. The van der Waals surface area contributed by atoms with E-state index in [0.717, 1.165) is 10.6 Å². The van der Waals surface area contributed by atoms with E-state index in [1.807, 2.05) is 0 Å². The van der Waals surface area contributed by atoms with Crippen LogP contribution < -0.4 is 15.8 Å². The molecule has 0 spiro atoms. The summed E-state index contributed by atoms with van der Waals surface area (Å²) in [7, 11) is -2.96. The van der Waals surface area contributed by atoms with Gasteiger partial charge in [0.05, 0.1) is 57.9 Å². The van der Waals surface area contributed by atoms with Gasteiger partial charge in [0.25, 0.3) is 5.56 Å². The van der Waals surface area contributed by atoms with Gasteiger partial charge in [0.1, 0.15) is 11.9 Å². The van der Waals surface area contributed by atoms with Gasteiger partial charge < -0.3 is 33.3 Å². The monoisotopic (exact) mass is 678 g/mol. The molecule has 5 atom stereocenters. The van der Waals surface area contributed by atoms with E-state index in [2.05, 4.69) is 4.98 Å². The highest BCUT2D eigenvalue weighted by molar-refractivity contribution is 7.49. The first-order valence-corrected chi connectivity index (χ1v) is 16.4. The molecule has 1 fully saturated rings. The molecule has 0 aliphatic carbocycles. The molecule has 2 heterocycles. The third-order valence-electron chi connectivity index (χ3n) is 6.92. The molecule has 0 bridgehead atoms. The Morgan fingerprint density at radius 3 is 2.26 bits per heavy atom. The third kappa shape index (κ3) is 10.4. The van der Waals surface area contributed by atoms with Crippen molar-refractivity contribution in [2.75, 3.05) is 46.8 Å². The lowest BCUT2D eigenvalue weighted by Crippen LogP contribution is -2.41. The number of aromatic amines is 1. The Hall–Kier alpha value is -3.66. The van der Waals surface area contributed by atoms with Crippen molar-refractivity contribution < 1.29 is 51.7 Å². The van der Waals surface area contributed by atoms with Gasteiger partial charge >= 0.3 is 19.5 Å². The van der Waals surface area contributed by atoms with Gasteiger partial charge in [-0.25, -0.2) is 14.2 Å². The molecule has 3 unspecified atom stereocenters. The number of nitrogens with one attached hydrogen (secondary N) is 1. The molecule has 256 valence electrons. The summed E-state index contributed by atoms with van der Waals surface area (Å²) in [6, 6.07) is 15.4. The predicted octanol–water partition coefficient (Wildman–Crippen LogP) is 2.83. The van der Waals surface area contributed by atoms with Crippen LogP contribution in [0.3, 0.4) is 0 Å². The number of ether oxygens (including phenoxy) is 5. The average Bonchev–Trinajstić information content (AvgIpc) is 3.40. The van der Waals surface area contributed by atoms with Crippen LogP contribution >= 0.6 is 7.82 Å². The predicted molar refractivity (Wildman–Crippen MR) is 166 cm³/mol. The third-order valence-corrected chi connectivity index (χ3v) is 8.36. The summed E-state index contributed by atoms with van der Waals surface area (Å²) in [5.74, 6) is -0.652. The van der Waals surface area contributed by atoms with Crippen molar-refractivity contribution in [2.24, 2.45) is 0 Å². The van der Waals surface area contributed by atoms with Crippen LogP contribution in [-0.4, -0.2) is 85.7 Å². The molecular weight excluding hydrogens is 639 g/mol. The summed E-state index contributed by atoms with van der Waals surface area (Å²) in [5, 5.41) is 9.42. The van der Waals surface area contributed by atoms with Crippen molar-refractivity contribution in [3.8, 4) is 5.75 Å². The van der Waals surface area contributed by atoms with Gasteiger partial charge in [-0.05, 0) is 36.2 Å². The minimum atomic E-state index is -4.53. The number of aromatic nitrogens is 2. The topological polar surface area (TPSA) is 183 Å². The van der Waals surface area contributed by atoms with Gasteiger partial charge in [0.2, 0.25) is 0 Å².